The summed E-state index contributed by atoms with van der Waals surface area (Å²) >= 11 is 0. The molecule has 0 N–H and O–H groups in total. The largest absolute Gasteiger partial charge is 0.339 e. The summed E-state index contributed by atoms with van der Waals surface area (Å²) in [5.74, 6) is 0.282. The van der Waals surface area contributed by atoms with Crippen LogP contribution in [0.5, 0.6) is 0 Å². The maximum atomic E-state index is 12.2. The Hall–Kier alpha value is -1.04. The summed E-state index contributed by atoms with van der Waals surface area (Å²) in [6.45, 7) is 6.91. The van der Waals surface area contributed by atoms with Gasteiger partial charge in [0.05, 0.1) is 6.07 Å². The van der Waals surface area contributed by atoms with Crippen molar-refractivity contribution in [3.63, 3.8) is 0 Å². The minimum absolute atomic E-state index is 0.0336. The number of carbonyl (C=O) groups is 1. The third-order valence-corrected chi connectivity index (χ3v) is 3.09. The first-order chi connectivity index (χ1) is 7.60. The molecule has 1 rings (SSSR count). The molecule has 0 aromatic heterocycles. The zero-order valence-electron chi connectivity index (χ0n) is 10.6. The molecule has 16 heavy (non-hydrogen) atoms. The molecular weight excluding hydrogens is 200 g/mol. The predicted molar refractivity (Wildman–Crippen MR) is 63.6 cm³/mol. The second-order valence-corrected chi connectivity index (χ2v) is 5.00. The second-order valence-electron chi connectivity index (χ2n) is 5.00. The maximum Gasteiger partial charge on any atom is 0.240 e. The molecule has 3 nitrogen and oxygen atoms in total. The molecule has 0 aromatic carbocycles. The lowest BCUT2D eigenvalue weighted by atomic mass is 10.0. The van der Waals surface area contributed by atoms with Gasteiger partial charge in [0.2, 0.25) is 5.91 Å². The number of hydrogen-bond donors (Lipinski definition) is 0. The monoisotopic (exact) mass is 222 g/mol. The van der Waals surface area contributed by atoms with E-state index in [1.54, 1.807) is 0 Å². The summed E-state index contributed by atoms with van der Waals surface area (Å²) in [5, 5.41) is 9.01. The first-order valence-electron chi connectivity index (χ1n) is 6.30. The standard InChI is InChI=1S/C13H22N2O/c1-4-5-12(8-14)13(16)15(10(2)3)9-11-6-7-11/h10-12H,4-7,9H2,1-3H3. The number of amides is 1. The molecule has 0 aliphatic heterocycles. The van der Waals surface area contributed by atoms with Crippen molar-refractivity contribution < 1.29 is 4.79 Å². The number of carbonyl (C=O) groups excluding carboxylic acids is 1. The van der Waals surface area contributed by atoms with Gasteiger partial charge < -0.3 is 4.90 Å². The van der Waals surface area contributed by atoms with Crippen molar-refractivity contribution in [1.82, 2.24) is 4.90 Å². The highest BCUT2D eigenvalue weighted by atomic mass is 16.2. The Morgan fingerprint density at radius 2 is 2.12 bits per heavy atom. The lowest BCUT2D eigenvalue weighted by molar-refractivity contribution is -0.136. The summed E-state index contributed by atoms with van der Waals surface area (Å²) < 4.78 is 0. The van der Waals surface area contributed by atoms with E-state index in [1.165, 1.54) is 12.8 Å². The van der Waals surface area contributed by atoms with Crippen molar-refractivity contribution in [3.8, 4) is 6.07 Å². The quantitative estimate of drug-likeness (QED) is 0.693. The zero-order chi connectivity index (χ0) is 12.1. The molecule has 0 radical (unpaired) electrons. The van der Waals surface area contributed by atoms with Crippen LogP contribution < -0.4 is 0 Å². The minimum Gasteiger partial charge on any atom is -0.339 e. The highest BCUT2D eigenvalue weighted by Gasteiger charge is 2.31. The van der Waals surface area contributed by atoms with Crippen molar-refractivity contribution in [3.05, 3.63) is 0 Å². The van der Waals surface area contributed by atoms with E-state index >= 15 is 0 Å². The first-order valence-corrected chi connectivity index (χ1v) is 6.30. The Kier molecular flexibility index (Phi) is 4.79. The number of nitriles is 1. The lowest BCUT2D eigenvalue weighted by Gasteiger charge is -2.28. The van der Waals surface area contributed by atoms with Crippen LogP contribution in [0.15, 0.2) is 0 Å². The van der Waals surface area contributed by atoms with Crippen molar-refractivity contribution in [2.45, 2.75) is 52.5 Å². The molecule has 1 amide bonds. The van der Waals surface area contributed by atoms with E-state index in [2.05, 4.69) is 6.07 Å². The SMILES string of the molecule is CCCC(C#N)C(=O)N(CC1CC1)C(C)C. The van der Waals surface area contributed by atoms with Gasteiger partial charge in [-0.05, 0) is 39.0 Å². The van der Waals surface area contributed by atoms with Crippen LogP contribution in [-0.4, -0.2) is 23.4 Å². The maximum absolute atomic E-state index is 12.2. The molecule has 1 fully saturated rings. The van der Waals surface area contributed by atoms with Crippen LogP contribution in [-0.2, 0) is 4.79 Å². The van der Waals surface area contributed by atoms with Gasteiger partial charge in [-0.25, -0.2) is 0 Å². The van der Waals surface area contributed by atoms with Crippen molar-refractivity contribution in [2.24, 2.45) is 11.8 Å². The van der Waals surface area contributed by atoms with Crippen LogP contribution in [0.3, 0.4) is 0 Å². The summed E-state index contributed by atoms with van der Waals surface area (Å²) in [6.07, 6.45) is 4.05. The van der Waals surface area contributed by atoms with E-state index < -0.39 is 5.92 Å². The molecule has 0 saturated heterocycles. The highest BCUT2D eigenvalue weighted by Crippen LogP contribution is 2.31. The van der Waals surface area contributed by atoms with Gasteiger partial charge in [0.15, 0.2) is 0 Å². The van der Waals surface area contributed by atoms with E-state index in [4.69, 9.17) is 5.26 Å². The van der Waals surface area contributed by atoms with Crippen LogP contribution in [0.4, 0.5) is 0 Å². The van der Waals surface area contributed by atoms with Crippen molar-refractivity contribution in [2.75, 3.05) is 6.54 Å². The third kappa shape index (κ3) is 3.52. The van der Waals surface area contributed by atoms with Crippen LogP contribution in [0, 0.1) is 23.2 Å². The Labute approximate surface area is 98.4 Å². The van der Waals surface area contributed by atoms with Crippen LogP contribution in [0.2, 0.25) is 0 Å². The van der Waals surface area contributed by atoms with Gasteiger partial charge in [0.1, 0.15) is 5.92 Å². The molecule has 90 valence electrons. The normalized spacial score (nSPS) is 16.9. The van der Waals surface area contributed by atoms with Crippen LogP contribution in [0.1, 0.15) is 46.5 Å². The highest BCUT2D eigenvalue weighted by molar-refractivity contribution is 5.81. The number of nitrogens with zero attached hydrogens (tertiary/aromatic N) is 2. The van der Waals surface area contributed by atoms with Gasteiger partial charge in [-0.15, -0.1) is 0 Å². The minimum atomic E-state index is -0.439. The van der Waals surface area contributed by atoms with E-state index in [9.17, 15) is 4.79 Å². The molecule has 0 bridgehead atoms. The molecule has 1 unspecified atom stereocenters. The van der Waals surface area contributed by atoms with Gasteiger partial charge in [0, 0.05) is 12.6 Å². The van der Waals surface area contributed by atoms with E-state index in [0.717, 1.165) is 13.0 Å². The Bertz CT molecular complexity index is 276. The van der Waals surface area contributed by atoms with E-state index in [1.807, 2.05) is 25.7 Å². The zero-order valence-corrected chi connectivity index (χ0v) is 10.6. The average Bonchev–Trinajstić information content (AvgIpc) is 3.05. The fourth-order valence-corrected chi connectivity index (χ4v) is 1.87. The van der Waals surface area contributed by atoms with Crippen molar-refractivity contribution in [1.29, 1.82) is 5.26 Å². The molecule has 0 heterocycles. The Balaban J connectivity index is 2.60. The molecule has 0 aromatic rings. The van der Waals surface area contributed by atoms with Gasteiger partial charge in [-0.1, -0.05) is 13.3 Å². The molecule has 0 spiro atoms. The topological polar surface area (TPSA) is 44.1 Å². The summed E-state index contributed by atoms with van der Waals surface area (Å²) in [6, 6.07) is 2.35. The number of rotatable bonds is 6. The molecule has 1 saturated carbocycles. The fraction of sp³-hybridized carbons (Fsp3) is 0.846. The molecular formula is C13H22N2O. The van der Waals surface area contributed by atoms with Crippen molar-refractivity contribution >= 4 is 5.91 Å². The van der Waals surface area contributed by atoms with Gasteiger partial charge in [-0.3, -0.25) is 4.79 Å². The van der Waals surface area contributed by atoms with Gasteiger partial charge in [-0.2, -0.15) is 5.26 Å². The molecule has 1 atom stereocenters. The van der Waals surface area contributed by atoms with Gasteiger partial charge >= 0.3 is 0 Å². The predicted octanol–water partition coefficient (Wildman–Crippen LogP) is 2.57. The van der Waals surface area contributed by atoms with Gasteiger partial charge in [0.25, 0.3) is 0 Å². The lowest BCUT2D eigenvalue weighted by Crippen LogP contribution is -2.41. The first kappa shape index (κ1) is 13.0. The summed E-state index contributed by atoms with van der Waals surface area (Å²) in [5.41, 5.74) is 0. The molecule has 3 heteroatoms. The second kappa shape index (κ2) is 5.89. The Morgan fingerprint density at radius 3 is 2.50 bits per heavy atom. The Morgan fingerprint density at radius 1 is 1.50 bits per heavy atom. The fourth-order valence-electron chi connectivity index (χ4n) is 1.87. The number of hydrogen-bond acceptors (Lipinski definition) is 2. The third-order valence-electron chi connectivity index (χ3n) is 3.09. The summed E-state index contributed by atoms with van der Waals surface area (Å²) in [7, 11) is 0. The van der Waals surface area contributed by atoms with E-state index in [0.29, 0.717) is 12.3 Å². The summed E-state index contributed by atoms with van der Waals surface area (Å²) in [4.78, 5) is 14.1. The average molecular weight is 222 g/mol. The van der Waals surface area contributed by atoms with E-state index in [-0.39, 0.29) is 11.9 Å². The van der Waals surface area contributed by atoms with Crippen LogP contribution in [0.25, 0.3) is 0 Å². The molecule has 1 aliphatic carbocycles. The van der Waals surface area contributed by atoms with Crippen LogP contribution >= 0.6 is 0 Å². The molecule has 1 aliphatic rings. The smallest absolute Gasteiger partial charge is 0.240 e.